The van der Waals surface area contributed by atoms with Gasteiger partial charge in [-0.05, 0) is 18.2 Å². The van der Waals surface area contributed by atoms with E-state index in [1.807, 2.05) is 0 Å². The Morgan fingerprint density at radius 1 is 1.00 bits per heavy atom. The van der Waals surface area contributed by atoms with Crippen LogP contribution in [0.3, 0.4) is 0 Å². The van der Waals surface area contributed by atoms with Crippen LogP contribution in [-0.2, 0) is 0 Å². The molecule has 1 aromatic carbocycles. The molecule has 0 atom stereocenters. The van der Waals surface area contributed by atoms with Crippen molar-refractivity contribution in [1.29, 1.82) is 0 Å². The Balaban J connectivity index is 2.23. The zero-order valence-electron chi connectivity index (χ0n) is 13.4. The highest BCUT2D eigenvalue weighted by Gasteiger charge is 2.31. The molecular weight excluding hydrogens is 370 g/mol. The highest BCUT2D eigenvalue weighted by Crippen LogP contribution is 2.29. The van der Waals surface area contributed by atoms with Gasteiger partial charge in [0.2, 0.25) is 0 Å². The second kappa shape index (κ2) is 8.02. The molecule has 1 fully saturated rings. The summed E-state index contributed by atoms with van der Waals surface area (Å²) in [5.41, 5.74) is -0.282. The molecule has 5 nitrogen and oxygen atoms in total. The number of hydrogen-bond donors (Lipinski definition) is 1. The lowest BCUT2D eigenvalue weighted by Crippen LogP contribution is -2.46. The summed E-state index contributed by atoms with van der Waals surface area (Å²) in [6, 6.07) is 2.97. The first kappa shape index (κ1) is 20.1. The number of nitrogens with one attached hydrogen (secondary N) is 1. The van der Waals surface area contributed by atoms with E-state index < -0.39 is 31.5 Å². The van der Waals surface area contributed by atoms with Gasteiger partial charge in [-0.2, -0.15) is 26.3 Å². The highest BCUT2D eigenvalue weighted by molar-refractivity contribution is 5.97. The molecule has 1 N–H and O–H groups in total. The molecule has 1 aliphatic heterocycles. The molecule has 2 rings (SSSR count). The molecule has 1 aromatic rings. The Kier molecular flexibility index (Phi) is 6.21. The van der Waals surface area contributed by atoms with E-state index in [0.29, 0.717) is 26.2 Å². The Bertz CT molecular complexity index is 627. The van der Waals surface area contributed by atoms with Gasteiger partial charge in [0, 0.05) is 26.2 Å². The monoisotopic (exact) mass is 386 g/mol. The van der Waals surface area contributed by atoms with Crippen molar-refractivity contribution in [3.8, 4) is 11.5 Å². The van der Waals surface area contributed by atoms with Crippen LogP contribution in [-0.4, -0.2) is 62.6 Å². The summed E-state index contributed by atoms with van der Waals surface area (Å²) in [5, 5.41) is 3.01. The van der Waals surface area contributed by atoms with E-state index in [1.165, 1.54) is 4.90 Å². The number of carbonyl (C=O) groups is 1. The molecule has 0 spiro atoms. The van der Waals surface area contributed by atoms with E-state index in [0.717, 1.165) is 18.2 Å². The van der Waals surface area contributed by atoms with Gasteiger partial charge in [0.25, 0.3) is 5.91 Å². The molecule has 1 aliphatic rings. The number of nitrogens with zero attached hydrogens (tertiary/aromatic N) is 1. The molecular formula is C15H16F6N2O3. The lowest BCUT2D eigenvalue weighted by atomic mass is 10.1. The minimum atomic E-state index is -4.62. The first-order valence-corrected chi connectivity index (χ1v) is 7.58. The zero-order valence-corrected chi connectivity index (χ0v) is 13.4. The first-order chi connectivity index (χ1) is 12.1. The minimum absolute atomic E-state index is 0.282. The van der Waals surface area contributed by atoms with Crippen LogP contribution in [0.5, 0.6) is 11.5 Å². The lowest BCUT2D eigenvalue weighted by molar-refractivity contribution is -0.154. The van der Waals surface area contributed by atoms with Crippen molar-refractivity contribution < 1.29 is 40.6 Å². The van der Waals surface area contributed by atoms with Gasteiger partial charge in [0.1, 0.15) is 11.5 Å². The second-order valence-corrected chi connectivity index (χ2v) is 5.51. The van der Waals surface area contributed by atoms with Gasteiger partial charge in [-0.1, -0.05) is 0 Å². The molecule has 0 saturated carbocycles. The van der Waals surface area contributed by atoms with Crippen LogP contribution in [0.1, 0.15) is 10.4 Å². The fourth-order valence-electron chi connectivity index (χ4n) is 2.25. The molecule has 26 heavy (non-hydrogen) atoms. The Morgan fingerprint density at radius 3 is 2.15 bits per heavy atom. The smallest absolute Gasteiger partial charge is 0.422 e. The van der Waals surface area contributed by atoms with Crippen molar-refractivity contribution in [3.63, 3.8) is 0 Å². The second-order valence-electron chi connectivity index (χ2n) is 5.51. The van der Waals surface area contributed by atoms with Gasteiger partial charge >= 0.3 is 12.4 Å². The summed E-state index contributed by atoms with van der Waals surface area (Å²) in [6.45, 7) is -1.60. The van der Waals surface area contributed by atoms with E-state index in [4.69, 9.17) is 0 Å². The average molecular weight is 386 g/mol. The third-order valence-electron chi connectivity index (χ3n) is 3.38. The highest BCUT2D eigenvalue weighted by atomic mass is 19.4. The largest absolute Gasteiger partial charge is 0.484 e. The predicted octanol–water partition coefficient (Wildman–Crippen LogP) is 2.61. The summed E-state index contributed by atoms with van der Waals surface area (Å²) in [4.78, 5) is 13.9. The molecule has 0 radical (unpaired) electrons. The van der Waals surface area contributed by atoms with E-state index in [-0.39, 0.29) is 17.1 Å². The number of rotatable bonds is 5. The molecule has 1 saturated heterocycles. The molecule has 11 heteroatoms. The standard InChI is InChI=1S/C15H16F6N2O3/c16-14(17,18)8-25-10-1-2-12(26-9-15(19,20)21)11(7-10)13(24)23-5-3-22-4-6-23/h1-2,7,22H,3-6,8-9H2. The quantitative estimate of drug-likeness (QED) is 0.791. The van der Waals surface area contributed by atoms with E-state index in [2.05, 4.69) is 14.8 Å². The van der Waals surface area contributed by atoms with Crippen molar-refractivity contribution in [3.05, 3.63) is 23.8 Å². The molecule has 1 heterocycles. The maximum Gasteiger partial charge on any atom is 0.422 e. The third kappa shape index (κ3) is 6.28. The van der Waals surface area contributed by atoms with Crippen LogP contribution in [0.2, 0.25) is 0 Å². The molecule has 1 amide bonds. The van der Waals surface area contributed by atoms with Crippen LogP contribution in [0.15, 0.2) is 18.2 Å². The lowest BCUT2D eigenvalue weighted by Gasteiger charge is -2.28. The SMILES string of the molecule is O=C(c1cc(OCC(F)(F)F)ccc1OCC(F)(F)F)N1CCNCC1. The van der Waals surface area contributed by atoms with Crippen LogP contribution in [0, 0.1) is 0 Å². The van der Waals surface area contributed by atoms with Crippen LogP contribution in [0.25, 0.3) is 0 Å². The maximum atomic E-state index is 12.6. The third-order valence-corrected chi connectivity index (χ3v) is 3.38. The summed E-state index contributed by atoms with van der Waals surface area (Å²) >= 11 is 0. The van der Waals surface area contributed by atoms with Gasteiger partial charge in [0.05, 0.1) is 5.56 Å². The van der Waals surface area contributed by atoms with Crippen molar-refractivity contribution >= 4 is 5.91 Å². The molecule has 0 aliphatic carbocycles. The Hall–Kier alpha value is -2.17. The number of ether oxygens (including phenoxy) is 2. The van der Waals surface area contributed by atoms with Crippen LogP contribution in [0.4, 0.5) is 26.3 Å². The fourth-order valence-corrected chi connectivity index (χ4v) is 2.25. The maximum absolute atomic E-state index is 12.6. The van der Waals surface area contributed by atoms with Gasteiger partial charge in [-0.25, -0.2) is 0 Å². The Labute approximate surface area is 144 Å². The number of hydrogen-bond acceptors (Lipinski definition) is 4. The van der Waals surface area contributed by atoms with Crippen molar-refractivity contribution in [2.45, 2.75) is 12.4 Å². The zero-order chi connectivity index (χ0) is 19.4. The van der Waals surface area contributed by atoms with Gasteiger partial charge in [0.15, 0.2) is 13.2 Å². The number of piperazine rings is 1. The number of alkyl halides is 6. The van der Waals surface area contributed by atoms with Crippen molar-refractivity contribution in [2.75, 3.05) is 39.4 Å². The normalized spacial score (nSPS) is 15.7. The number of amides is 1. The van der Waals surface area contributed by atoms with Gasteiger partial charge < -0.3 is 19.7 Å². The molecule has 0 aromatic heterocycles. The predicted molar refractivity (Wildman–Crippen MR) is 78.3 cm³/mol. The number of benzene rings is 1. The number of carbonyl (C=O) groups excluding carboxylic acids is 1. The first-order valence-electron chi connectivity index (χ1n) is 7.58. The molecule has 0 bridgehead atoms. The van der Waals surface area contributed by atoms with E-state index in [1.54, 1.807) is 0 Å². The average Bonchev–Trinajstić information content (AvgIpc) is 2.57. The van der Waals surface area contributed by atoms with Crippen LogP contribution < -0.4 is 14.8 Å². The molecule has 0 unspecified atom stereocenters. The van der Waals surface area contributed by atoms with Gasteiger partial charge in [-0.15, -0.1) is 0 Å². The molecule has 146 valence electrons. The van der Waals surface area contributed by atoms with Gasteiger partial charge in [-0.3, -0.25) is 4.79 Å². The van der Waals surface area contributed by atoms with E-state index >= 15 is 0 Å². The van der Waals surface area contributed by atoms with E-state index in [9.17, 15) is 31.1 Å². The minimum Gasteiger partial charge on any atom is -0.484 e. The Morgan fingerprint density at radius 2 is 1.58 bits per heavy atom. The summed E-state index contributed by atoms with van der Waals surface area (Å²) in [7, 11) is 0. The topological polar surface area (TPSA) is 50.8 Å². The summed E-state index contributed by atoms with van der Waals surface area (Å²) < 4.78 is 83.2. The summed E-state index contributed by atoms with van der Waals surface area (Å²) in [6.07, 6.45) is -9.21. The summed E-state index contributed by atoms with van der Waals surface area (Å²) in [5.74, 6) is -1.30. The fraction of sp³-hybridized carbons (Fsp3) is 0.533. The van der Waals surface area contributed by atoms with Crippen molar-refractivity contribution in [1.82, 2.24) is 10.2 Å². The number of halogens is 6. The van der Waals surface area contributed by atoms with Crippen LogP contribution >= 0.6 is 0 Å². The van der Waals surface area contributed by atoms with Crippen molar-refractivity contribution in [2.24, 2.45) is 0 Å².